The molecule has 0 saturated carbocycles. The van der Waals surface area contributed by atoms with Gasteiger partial charge in [0.05, 0.1) is 19.3 Å². The Morgan fingerprint density at radius 2 is 1.89 bits per heavy atom. The Balaban J connectivity index is 0.00000261. The molecule has 0 spiro atoms. The highest BCUT2D eigenvalue weighted by atomic mass is 127. The number of benzene rings is 1. The first-order chi connectivity index (χ1) is 12.8. The van der Waals surface area contributed by atoms with Gasteiger partial charge in [0.25, 0.3) is 0 Å². The van der Waals surface area contributed by atoms with Crippen molar-refractivity contribution in [3.8, 4) is 0 Å². The number of morpholine rings is 1. The predicted molar refractivity (Wildman–Crippen MR) is 121 cm³/mol. The van der Waals surface area contributed by atoms with Crippen molar-refractivity contribution < 1.29 is 9.47 Å². The van der Waals surface area contributed by atoms with Crippen molar-refractivity contribution in [3.05, 3.63) is 29.8 Å². The summed E-state index contributed by atoms with van der Waals surface area (Å²) in [6.07, 6.45) is 2.54. The molecule has 6 nitrogen and oxygen atoms in total. The van der Waals surface area contributed by atoms with Crippen LogP contribution < -0.4 is 10.2 Å². The number of nitrogens with zero attached hydrogens (tertiary/aromatic N) is 3. The highest BCUT2D eigenvalue weighted by Gasteiger charge is 2.22. The number of anilines is 1. The number of piperidine rings is 1. The zero-order valence-electron chi connectivity index (χ0n) is 16.5. The Bertz CT molecular complexity index is 585. The maximum absolute atomic E-state index is 5.75. The van der Waals surface area contributed by atoms with Gasteiger partial charge < -0.3 is 24.6 Å². The summed E-state index contributed by atoms with van der Waals surface area (Å²) in [5.41, 5.74) is 2.61. The van der Waals surface area contributed by atoms with Crippen molar-refractivity contribution in [2.75, 3.05) is 57.9 Å². The van der Waals surface area contributed by atoms with E-state index in [0.29, 0.717) is 6.10 Å². The van der Waals surface area contributed by atoms with Crippen LogP contribution in [0.1, 0.15) is 25.3 Å². The van der Waals surface area contributed by atoms with E-state index in [1.807, 2.05) is 7.05 Å². The topological polar surface area (TPSA) is 49.3 Å². The Hall–Kier alpha value is -1.06. The number of likely N-dealkylation sites (tertiary alicyclic amines) is 1. The molecule has 0 bridgehead atoms. The summed E-state index contributed by atoms with van der Waals surface area (Å²) in [4.78, 5) is 9.25. The quantitative estimate of drug-likeness (QED) is 0.393. The minimum Gasteiger partial charge on any atom is -0.378 e. The third-order valence-corrected chi connectivity index (χ3v) is 5.14. The van der Waals surface area contributed by atoms with E-state index < -0.39 is 0 Å². The van der Waals surface area contributed by atoms with Gasteiger partial charge in [-0.2, -0.15) is 0 Å². The number of hydrogen-bond acceptors (Lipinski definition) is 4. The number of hydrogen-bond donors (Lipinski definition) is 1. The minimum absolute atomic E-state index is 0. The molecule has 0 radical (unpaired) electrons. The van der Waals surface area contributed by atoms with Crippen molar-refractivity contribution >= 4 is 35.6 Å². The van der Waals surface area contributed by atoms with Gasteiger partial charge in [0.15, 0.2) is 5.96 Å². The summed E-state index contributed by atoms with van der Waals surface area (Å²) in [5, 5.41) is 3.56. The van der Waals surface area contributed by atoms with E-state index in [9.17, 15) is 0 Å². The minimum atomic E-state index is 0. The lowest BCUT2D eigenvalue weighted by Gasteiger charge is -2.34. The van der Waals surface area contributed by atoms with E-state index in [0.717, 1.165) is 71.3 Å². The number of halogens is 1. The Labute approximate surface area is 180 Å². The van der Waals surface area contributed by atoms with Crippen LogP contribution in [0.15, 0.2) is 29.3 Å². The van der Waals surface area contributed by atoms with Gasteiger partial charge in [-0.1, -0.05) is 18.2 Å². The van der Waals surface area contributed by atoms with Crippen LogP contribution in [0.5, 0.6) is 0 Å². The first-order valence-electron chi connectivity index (χ1n) is 9.79. The number of ether oxygens (including phenoxy) is 2. The van der Waals surface area contributed by atoms with Gasteiger partial charge in [-0.05, 0) is 31.4 Å². The van der Waals surface area contributed by atoms with Crippen molar-refractivity contribution in [1.82, 2.24) is 10.2 Å². The molecule has 7 heteroatoms. The molecule has 3 rings (SSSR count). The van der Waals surface area contributed by atoms with Crippen LogP contribution in [-0.4, -0.2) is 70.0 Å². The summed E-state index contributed by atoms with van der Waals surface area (Å²) in [6, 6.07) is 8.63. The smallest absolute Gasteiger partial charge is 0.193 e. The summed E-state index contributed by atoms with van der Waals surface area (Å²) < 4.78 is 11.2. The lowest BCUT2D eigenvalue weighted by molar-refractivity contribution is 0.0263. The molecule has 1 aromatic carbocycles. The molecule has 2 aliphatic rings. The number of nitrogens with one attached hydrogen (secondary N) is 1. The molecule has 2 aliphatic heterocycles. The van der Waals surface area contributed by atoms with Gasteiger partial charge in [-0.3, -0.25) is 4.99 Å². The fourth-order valence-electron chi connectivity index (χ4n) is 3.75. The lowest BCUT2D eigenvalue weighted by Crippen LogP contribution is -2.47. The number of para-hydroxylation sites is 1. The van der Waals surface area contributed by atoms with E-state index >= 15 is 0 Å². The molecule has 2 heterocycles. The van der Waals surface area contributed by atoms with Crippen molar-refractivity contribution in [1.29, 1.82) is 0 Å². The van der Waals surface area contributed by atoms with E-state index in [-0.39, 0.29) is 24.0 Å². The Morgan fingerprint density at radius 3 is 2.56 bits per heavy atom. The van der Waals surface area contributed by atoms with E-state index in [4.69, 9.17) is 9.47 Å². The summed E-state index contributed by atoms with van der Waals surface area (Å²) in [5.74, 6) is 0.983. The highest BCUT2D eigenvalue weighted by Crippen LogP contribution is 2.21. The van der Waals surface area contributed by atoms with Gasteiger partial charge in [0.1, 0.15) is 0 Å². The van der Waals surface area contributed by atoms with Gasteiger partial charge >= 0.3 is 0 Å². The molecule has 27 heavy (non-hydrogen) atoms. The van der Waals surface area contributed by atoms with Crippen molar-refractivity contribution in [2.45, 2.75) is 32.4 Å². The fraction of sp³-hybridized carbons (Fsp3) is 0.650. The van der Waals surface area contributed by atoms with Crippen LogP contribution in [0.2, 0.25) is 0 Å². The summed E-state index contributed by atoms with van der Waals surface area (Å²) in [7, 11) is 1.87. The fourth-order valence-corrected chi connectivity index (χ4v) is 3.75. The van der Waals surface area contributed by atoms with E-state index in [1.165, 1.54) is 11.3 Å². The van der Waals surface area contributed by atoms with Crippen LogP contribution in [0.25, 0.3) is 0 Å². The van der Waals surface area contributed by atoms with Gasteiger partial charge in [0.2, 0.25) is 0 Å². The molecule has 0 atom stereocenters. The molecule has 0 aliphatic carbocycles. The molecule has 1 N–H and O–H groups in total. The summed E-state index contributed by atoms with van der Waals surface area (Å²) in [6.45, 7) is 9.16. The molecule has 0 aromatic heterocycles. The molecule has 2 saturated heterocycles. The van der Waals surface area contributed by atoms with Crippen LogP contribution in [0.3, 0.4) is 0 Å². The first kappa shape index (κ1) is 22.2. The second kappa shape index (κ2) is 11.7. The Morgan fingerprint density at radius 1 is 1.19 bits per heavy atom. The third kappa shape index (κ3) is 6.22. The van der Waals surface area contributed by atoms with Crippen LogP contribution in [0.4, 0.5) is 5.69 Å². The number of rotatable bonds is 5. The highest BCUT2D eigenvalue weighted by molar-refractivity contribution is 14.0. The first-order valence-corrected chi connectivity index (χ1v) is 9.79. The second-order valence-electron chi connectivity index (χ2n) is 6.77. The van der Waals surface area contributed by atoms with Crippen molar-refractivity contribution in [3.63, 3.8) is 0 Å². The SMILES string of the molecule is CCOC1CCN(C(=NC)NCc2ccccc2N2CCOCC2)CC1.I. The van der Waals surface area contributed by atoms with Crippen LogP contribution in [0, 0.1) is 0 Å². The zero-order chi connectivity index (χ0) is 18.2. The van der Waals surface area contributed by atoms with Crippen LogP contribution in [-0.2, 0) is 16.0 Å². The predicted octanol–water partition coefficient (Wildman–Crippen LogP) is 2.72. The zero-order valence-corrected chi connectivity index (χ0v) is 18.9. The van der Waals surface area contributed by atoms with Gasteiger partial charge in [0, 0.05) is 52.1 Å². The molecule has 0 unspecified atom stereocenters. The van der Waals surface area contributed by atoms with E-state index in [2.05, 4.69) is 51.3 Å². The average Bonchev–Trinajstić information content (AvgIpc) is 2.71. The van der Waals surface area contributed by atoms with Crippen molar-refractivity contribution in [2.24, 2.45) is 4.99 Å². The molecule has 152 valence electrons. The van der Waals surface area contributed by atoms with Crippen LogP contribution >= 0.6 is 24.0 Å². The lowest BCUT2D eigenvalue weighted by atomic mass is 10.1. The standard InChI is InChI=1S/C20H32N4O2.HI/c1-3-26-18-8-10-24(11-9-18)20(21-2)22-16-17-6-4-5-7-19(17)23-12-14-25-15-13-23;/h4-7,18H,3,8-16H2,1-2H3,(H,21,22);1H. The molecule has 1 aromatic rings. The number of aliphatic imine (C=N–C) groups is 1. The second-order valence-corrected chi connectivity index (χ2v) is 6.77. The van der Waals surface area contributed by atoms with Gasteiger partial charge in [-0.15, -0.1) is 24.0 Å². The normalized spacial score (nSPS) is 19.0. The average molecular weight is 488 g/mol. The summed E-state index contributed by atoms with van der Waals surface area (Å²) >= 11 is 0. The van der Waals surface area contributed by atoms with Gasteiger partial charge in [-0.25, -0.2) is 0 Å². The maximum Gasteiger partial charge on any atom is 0.193 e. The third-order valence-electron chi connectivity index (χ3n) is 5.14. The largest absolute Gasteiger partial charge is 0.378 e. The molecule has 2 fully saturated rings. The molecule has 0 amide bonds. The monoisotopic (exact) mass is 488 g/mol. The number of guanidine groups is 1. The molecular formula is C20H33IN4O2. The maximum atomic E-state index is 5.75. The molecular weight excluding hydrogens is 455 g/mol. The van der Waals surface area contributed by atoms with E-state index in [1.54, 1.807) is 0 Å². The Kier molecular flexibility index (Phi) is 9.64.